The van der Waals surface area contributed by atoms with Crippen LogP contribution in [0, 0.1) is 5.82 Å². The zero-order valence-corrected chi connectivity index (χ0v) is 14.5. The summed E-state index contributed by atoms with van der Waals surface area (Å²) in [5, 5.41) is 4.02. The lowest BCUT2D eigenvalue weighted by molar-refractivity contribution is -0.137. The maximum Gasteiger partial charge on any atom is 0.416 e. The number of carbonyl (C=O) groups is 1. The minimum Gasteiger partial charge on any atom is -0.356 e. The first-order valence-corrected chi connectivity index (χ1v) is 8.53. The van der Waals surface area contributed by atoms with Crippen molar-refractivity contribution in [3.63, 3.8) is 0 Å². The van der Waals surface area contributed by atoms with E-state index in [4.69, 9.17) is 4.52 Å². The van der Waals surface area contributed by atoms with Crippen molar-refractivity contribution >= 4 is 5.91 Å². The molecule has 4 rings (SSSR count). The Morgan fingerprint density at radius 2 is 1.71 bits per heavy atom. The molecule has 0 radical (unpaired) electrons. The van der Waals surface area contributed by atoms with Gasteiger partial charge in [0.05, 0.1) is 12.1 Å². The van der Waals surface area contributed by atoms with Crippen LogP contribution in [0.5, 0.6) is 0 Å². The Morgan fingerprint density at radius 1 is 1.04 bits per heavy atom. The minimum atomic E-state index is -4.45. The number of hydrogen-bond acceptors (Lipinski definition) is 3. The number of rotatable bonds is 2. The molecule has 144 valence electrons. The Balaban J connectivity index is 1.53. The van der Waals surface area contributed by atoms with Crippen molar-refractivity contribution in [2.75, 3.05) is 6.54 Å². The number of fused-ring (bicyclic) bond motifs is 1. The molecule has 8 heteroatoms. The van der Waals surface area contributed by atoms with E-state index in [9.17, 15) is 22.4 Å². The summed E-state index contributed by atoms with van der Waals surface area (Å²) in [7, 11) is 0. The number of aromatic nitrogens is 1. The summed E-state index contributed by atoms with van der Waals surface area (Å²) >= 11 is 0. The molecule has 0 N–H and O–H groups in total. The average Bonchev–Trinajstić information content (AvgIpc) is 3.10. The SMILES string of the molecule is O=C(c1ccc(C(F)(F)F)cc1)N1CCc2c(noc2-c2ccc(F)cc2)C1. The third-order valence-electron chi connectivity index (χ3n) is 4.69. The highest BCUT2D eigenvalue weighted by molar-refractivity contribution is 5.94. The van der Waals surface area contributed by atoms with Gasteiger partial charge in [-0.25, -0.2) is 4.39 Å². The second-order valence-corrected chi connectivity index (χ2v) is 6.50. The van der Waals surface area contributed by atoms with E-state index in [1.807, 2.05) is 0 Å². The first-order chi connectivity index (χ1) is 13.3. The van der Waals surface area contributed by atoms with E-state index in [1.165, 1.54) is 29.2 Å². The summed E-state index contributed by atoms with van der Waals surface area (Å²) in [6.07, 6.45) is -3.96. The fourth-order valence-electron chi connectivity index (χ4n) is 3.22. The summed E-state index contributed by atoms with van der Waals surface area (Å²) in [4.78, 5) is 14.1. The molecule has 0 bridgehead atoms. The Morgan fingerprint density at radius 3 is 2.36 bits per heavy atom. The molecule has 1 aliphatic rings. The van der Waals surface area contributed by atoms with Gasteiger partial charge in [-0.2, -0.15) is 13.2 Å². The number of alkyl halides is 3. The van der Waals surface area contributed by atoms with Crippen molar-refractivity contribution in [3.8, 4) is 11.3 Å². The van der Waals surface area contributed by atoms with E-state index in [1.54, 1.807) is 12.1 Å². The molecule has 2 aromatic carbocycles. The van der Waals surface area contributed by atoms with Crippen molar-refractivity contribution in [2.24, 2.45) is 0 Å². The topological polar surface area (TPSA) is 46.3 Å². The molecule has 0 spiro atoms. The highest BCUT2D eigenvalue weighted by Gasteiger charge is 2.31. The van der Waals surface area contributed by atoms with E-state index in [0.717, 1.165) is 17.7 Å². The molecule has 1 amide bonds. The fraction of sp³-hybridized carbons (Fsp3) is 0.200. The second kappa shape index (κ2) is 6.78. The molecule has 2 heterocycles. The third-order valence-corrected chi connectivity index (χ3v) is 4.69. The van der Waals surface area contributed by atoms with Gasteiger partial charge in [0.25, 0.3) is 5.91 Å². The maximum atomic E-state index is 13.1. The lowest BCUT2D eigenvalue weighted by atomic mass is 10.00. The predicted molar refractivity (Wildman–Crippen MR) is 91.8 cm³/mol. The molecule has 1 aliphatic heterocycles. The molecule has 28 heavy (non-hydrogen) atoms. The number of hydrogen-bond donors (Lipinski definition) is 0. The first kappa shape index (κ1) is 18.2. The standard InChI is InChI=1S/C20H14F4N2O2/c21-15-7-3-12(4-8-15)18-16-9-10-26(11-17(16)25-28-18)19(27)13-1-5-14(6-2-13)20(22,23)24/h1-8H,9-11H2. The molecule has 0 aliphatic carbocycles. The number of benzene rings is 2. The smallest absolute Gasteiger partial charge is 0.356 e. The largest absolute Gasteiger partial charge is 0.416 e. The minimum absolute atomic E-state index is 0.179. The quantitative estimate of drug-likeness (QED) is 0.596. The zero-order valence-electron chi connectivity index (χ0n) is 14.5. The van der Waals surface area contributed by atoms with E-state index in [2.05, 4.69) is 5.16 Å². The van der Waals surface area contributed by atoms with Crippen molar-refractivity contribution in [1.82, 2.24) is 10.1 Å². The first-order valence-electron chi connectivity index (χ1n) is 8.53. The third kappa shape index (κ3) is 3.37. The van der Waals surface area contributed by atoms with Crippen molar-refractivity contribution in [2.45, 2.75) is 19.1 Å². The number of amides is 1. The molecule has 4 nitrogen and oxygen atoms in total. The van der Waals surface area contributed by atoms with Crippen LogP contribution in [0.25, 0.3) is 11.3 Å². The molecular weight excluding hydrogens is 376 g/mol. The lowest BCUT2D eigenvalue weighted by Crippen LogP contribution is -2.36. The van der Waals surface area contributed by atoms with Crippen LogP contribution in [0.2, 0.25) is 0 Å². The highest BCUT2D eigenvalue weighted by atomic mass is 19.4. The van der Waals surface area contributed by atoms with Crippen LogP contribution in [0.1, 0.15) is 27.2 Å². The van der Waals surface area contributed by atoms with Gasteiger partial charge in [0.2, 0.25) is 0 Å². The van der Waals surface area contributed by atoms with Gasteiger partial charge in [0.15, 0.2) is 5.76 Å². The maximum absolute atomic E-state index is 13.1. The summed E-state index contributed by atoms with van der Waals surface area (Å²) in [6, 6.07) is 9.98. The van der Waals surface area contributed by atoms with Gasteiger partial charge in [0.1, 0.15) is 11.5 Å². The average molecular weight is 390 g/mol. The molecular formula is C20H14F4N2O2. The summed E-state index contributed by atoms with van der Waals surface area (Å²) in [5.41, 5.74) is 1.51. The molecule has 0 unspecified atom stereocenters. The Labute approximate surface area is 157 Å². The Hall–Kier alpha value is -3.16. The molecule has 0 fully saturated rings. The van der Waals surface area contributed by atoms with Crippen LogP contribution >= 0.6 is 0 Å². The predicted octanol–water partition coefficient (Wildman–Crippen LogP) is 4.70. The number of halogens is 4. The van der Waals surface area contributed by atoms with Gasteiger partial charge < -0.3 is 9.42 Å². The van der Waals surface area contributed by atoms with Crippen LogP contribution < -0.4 is 0 Å². The number of nitrogens with zero attached hydrogens (tertiary/aromatic N) is 2. The van der Waals surface area contributed by atoms with Crippen LogP contribution in [-0.4, -0.2) is 22.5 Å². The van der Waals surface area contributed by atoms with E-state index in [-0.39, 0.29) is 23.8 Å². The van der Waals surface area contributed by atoms with Gasteiger partial charge in [-0.1, -0.05) is 5.16 Å². The van der Waals surface area contributed by atoms with Crippen molar-refractivity contribution < 1.29 is 26.9 Å². The van der Waals surface area contributed by atoms with Crippen molar-refractivity contribution in [3.05, 3.63) is 76.7 Å². The number of carbonyl (C=O) groups excluding carboxylic acids is 1. The van der Waals surface area contributed by atoms with Crippen LogP contribution in [-0.2, 0) is 19.1 Å². The monoisotopic (exact) mass is 390 g/mol. The van der Waals surface area contributed by atoms with Crippen molar-refractivity contribution in [1.29, 1.82) is 0 Å². The van der Waals surface area contributed by atoms with E-state index >= 15 is 0 Å². The highest BCUT2D eigenvalue weighted by Crippen LogP contribution is 2.32. The normalized spacial score (nSPS) is 14.1. The fourth-order valence-corrected chi connectivity index (χ4v) is 3.22. The van der Waals surface area contributed by atoms with Crippen LogP contribution in [0.4, 0.5) is 17.6 Å². The van der Waals surface area contributed by atoms with Gasteiger partial charge in [-0.05, 0) is 55.0 Å². The Kier molecular flexibility index (Phi) is 4.41. The van der Waals surface area contributed by atoms with E-state index < -0.39 is 11.7 Å². The summed E-state index contributed by atoms with van der Waals surface area (Å²) < 4.78 is 56.5. The van der Waals surface area contributed by atoms with Crippen LogP contribution in [0.15, 0.2) is 53.1 Å². The zero-order chi connectivity index (χ0) is 19.9. The summed E-state index contributed by atoms with van der Waals surface area (Å²) in [5.74, 6) is -0.187. The molecule has 1 aromatic heterocycles. The Bertz CT molecular complexity index is 1010. The molecule has 0 saturated heterocycles. The van der Waals surface area contributed by atoms with Gasteiger partial charge in [-0.3, -0.25) is 4.79 Å². The van der Waals surface area contributed by atoms with E-state index in [0.29, 0.717) is 30.0 Å². The molecule has 3 aromatic rings. The van der Waals surface area contributed by atoms with Gasteiger partial charge in [-0.15, -0.1) is 0 Å². The van der Waals surface area contributed by atoms with Crippen LogP contribution in [0.3, 0.4) is 0 Å². The lowest BCUT2D eigenvalue weighted by Gasteiger charge is -2.26. The molecule has 0 atom stereocenters. The summed E-state index contributed by atoms with van der Waals surface area (Å²) in [6.45, 7) is 0.572. The molecule has 0 saturated carbocycles. The second-order valence-electron chi connectivity index (χ2n) is 6.50. The van der Waals surface area contributed by atoms with Gasteiger partial charge >= 0.3 is 6.18 Å². The van der Waals surface area contributed by atoms with Gasteiger partial charge in [0, 0.05) is 23.2 Å².